The summed E-state index contributed by atoms with van der Waals surface area (Å²) in [6, 6.07) is 9.78. The lowest BCUT2D eigenvalue weighted by Gasteiger charge is -2.19. The van der Waals surface area contributed by atoms with Gasteiger partial charge in [-0.05, 0) is 48.5 Å². The number of ether oxygens (including phenoxy) is 1. The first-order valence-corrected chi connectivity index (χ1v) is 6.78. The molecule has 0 aliphatic carbocycles. The molecule has 2 aromatic carbocycles. The third kappa shape index (κ3) is 3.06. The molecule has 0 amide bonds. The van der Waals surface area contributed by atoms with Crippen LogP contribution in [-0.4, -0.2) is 14.2 Å². The van der Waals surface area contributed by atoms with Crippen molar-refractivity contribution in [2.45, 2.75) is 6.04 Å². The maximum atomic E-state index is 13.8. The maximum absolute atomic E-state index is 13.8. The Kier molecular flexibility index (Phi) is 4.86. The fraction of sp³-hybridized carbons (Fsp3) is 0.200. The van der Waals surface area contributed by atoms with Gasteiger partial charge < -0.3 is 10.1 Å². The Balaban J connectivity index is 2.46. The van der Waals surface area contributed by atoms with E-state index in [1.165, 1.54) is 13.2 Å². The van der Waals surface area contributed by atoms with E-state index >= 15 is 0 Å². The summed E-state index contributed by atoms with van der Waals surface area (Å²) in [5, 5.41) is 4.27. The fourth-order valence-corrected chi connectivity index (χ4v) is 2.51. The molecule has 1 unspecified atom stereocenters. The van der Waals surface area contributed by atoms with Crippen molar-refractivity contribution >= 4 is 23.2 Å². The smallest absolute Gasteiger partial charge is 0.165 e. The molecule has 0 aliphatic heterocycles. The molecule has 0 aliphatic rings. The van der Waals surface area contributed by atoms with Crippen molar-refractivity contribution in [3.05, 3.63) is 63.4 Å². The van der Waals surface area contributed by atoms with Crippen LogP contribution in [0.5, 0.6) is 5.75 Å². The van der Waals surface area contributed by atoms with Gasteiger partial charge in [-0.1, -0.05) is 29.3 Å². The number of methoxy groups -OCH3 is 1. The SMILES string of the molecule is CNC(c1ccc(OC)c(F)c1)c1cc(Cl)ccc1Cl. The van der Waals surface area contributed by atoms with E-state index in [0.717, 1.165) is 11.1 Å². The molecular formula is C15H14Cl2FNO. The number of halogens is 3. The molecule has 2 aromatic rings. The van der Waals surface area contributed by atoms with Gasteiger partial charge >= 0.3 is 0 Å². The van der Waals surface area contributed by atoms with Crippen molar-refractivity contribution in [2.24, 2.45) is 0 Å². The summed E-state index contributed by atoms with van der Waals surface area (Å²) < 4.78 is 18.8. The lowest BCUT2D eigenvalue weighted by atomic mass is 9.98. The van der Waals surface area contributed by atoms with Crippen LogP contribution in [0, 0.1) is 5.82 Å². The van der Waals surface area contributed by atoms with E-state index in [0.29, 0.717) is 10.0 Å². The molecule has 0 spiro atoms. The number of hydrogen-bond donors (Lipinski definition) is 1. The first-order valence-electron chi connectivity index (χ1n) is 6.02. The third-order valence-corrected chi connectivity index (χ3v) is 3.65. The van der Waals surface area contributed by atoms with Gasteiger partial charge in [0.15, 0.2) is 11.6 Å². The van der Waals surface area contributed by atoms with Crippen molar-refractivity contribution in [2.75, 3.05) is 14.2 Å². The van der Waals surface area contributed by atoms with Crippen LogP contribution in [0.15, 0.2) is 36.4 Å². The topological polar surface area (TPSA) is 21.3 Å². The lowest BCUT2D eigenvalue weighted by Crippen LogP contribution is -2.18. The molecule has 0 radical (unpaired) electrons. The second-order valence-corrected chi connectivity index (χ2v) is 5.13. The average molecular weight is 314 g/mol. The minimum Gasteiger partial charge on any atom is -0.494 e. The molecule has 1 atom stereocenters. The van der Waals surface area contributed by atoms with E-state index in [-0.39, 0.29) is 11.8 Å². The first-order chi connectivity index (χ1) is 9.56. The molecule has 5 heteroatoms. The summed E-state index contributed by atoms with van der Waals surface area (Å²) >= 11 is 12.2. The summed E-state index contributed by atoms with van der Waals surface area (Å²) in [6.07, 6.45) is 0. The van der Waals surface area contributed by atoms with Crippen molar-refractivity contribution < 1.29 is 9.13 Å². The minimum atomic E-state index is -0.414. The average Bonchev–Trinajstić information content (AvgIpc) is 2.44. The number of hydrogen-bond acceptors (Lipinski definition) is 2. The maximum Gasteiger partial charge on any atom is 0.165 e. The minimum absolute atomic E-state index is 0.209. The molecular weight excluding hydrogens is 300 g/mol. The van der Waals surface area contributed by atoms with Crippen LogP contribution in [0.3, 0.4) is 0 Å². The Hall–Kier alpha value is -1.29. The van der Waals surface area contributed by atoms with Crippen LogP contribution in [0.2, 0.25) is 10.0 Å². The Morgan fingerprint density at radius 1 is 1.15 bits per heavy atom. The summed E-state index contributed by atoms with van der Waals surface area (Å²) in [5.41, 5.74) is 1.54. The largest absolute Gasteiger partial charge is 0.494 e. The summed E-state index contributed by atoms with van der Waals surface area (Å²) in [4.78, 5) is 0. The van der Waals surface area contributed by atoms with E-state index in [4.69, 9.17) is 27.9 Å². The second kappa shape index (κ2) is 6.44. The highest BCUT2D eigenvalue weighted by Gasteiger charge is 2.17. The third-order valence-electron chi connectivity index (χ3n) is 3.07. The molecule has 0 bridgehead atoms. The van der Waals surface area contributed by atoms with Gasteiger partial charge in [0.05, 0.1) is 13.2 Å². The Labute approximate surface area is 127 Å². The van der Waals surface area contributed by atoms with Crippen LogP contribution < -0.4 is 10.1 Å². The normalized spacial score (nSPS) is 12.2. The molecule has 20 heavy (non-hydrogen) atoms. The summed E-state index contributed by atoms with van der Waals surface area (Å²) in [7, 11) is 3.21. The van der Waals surface area contributed by atoms with Crippen LogP contribution >= 0.6 is 23.2 Å². The fourth-order valence-electron chi connectivity index (χ4n) is 2.10. The Morgan fingerprint density at radius 2 is 1.90 bits per heavy atom. The number of rotatable bonds is 4. The molecule has 0 fully saturated rings. The molecule has 1 N–H and O–H groups in total. The molecule has 0 heterocycles. The van der Waals surface area contributed by atoms with Gasteiger partial charge in [-0.15, -0.1) is 0 Å². The van der Waals surface area contributed by atoms with Gasteiger partial charge in [-0.25, -0.2) is 4.39 Å². The number of nitrogens with one attached hydrogen (secondary N) is 1. The molecule has 0 saturated heterocycles. The van der Waals surface area contributed by atoms with Gasteiger partial charge in [0, 0.05) is 10.0 Å². The van der Waals surface area contributed by atoms with E-state index < -0.39 is 5.82 Å². The zero-order chi connectivity index (χ0) is 14.7. The van der Waals surface area contributed by atoms with Gasteiger partial charge in [0.1, 0.15) is 0 Å². The standard InChI is InChI=1S/C15H14Cl2FNO/c1-19-15(11-8-10(16)4-5-12(11)17)9-3-6-14(20-2)13(18)7-9/h3-8,15,19H,1-2H3. The van der Waals surface area contributed by atoms with Crippen molar-refractivity contribution in [1.82, 2.24) is 5.32 Å². The Morgan fingerprint density at radius 3 is 2.50 bits per heavy atom. The highest BCUT2D eigenvalue weighted by atomic mass is 35.5. The van der Waals surface area contributed by atoms with Crippen LogP contribution in [0.25, 0.3) is 0 Å². The van der Waals surface area contributed by atoms with Crippen LogP contribution in [0.1, 0.15) is 17.2 Å². The molecule has 106 valence electrons. The van der Waals surface area contributed by atoms with Gasteiger partial charge in [-0.3, -0.25) is 0 Å². The van der Waals surface area contributed by atoms with Crippen molar-refractivity contribution in [1.29, 1.82) is 0 Å². The first kappa shape index (κ1) is 15.1. The van der Waals surface area contributed by atoms with Crippen molar-refractivity contribution in [3.8, 4) is 5.75 Å². The molecule has 2 nitrogen and oxygen atoms in total. The predicted molar refractivity (Wildman–Crippen MR) is 80.3 cm³/mol. The van der Waals surface area contributed by atoms with Crippen LogP contribution in [-0.2, 0) is 0 Å². The monoisotopic (exact) mass is 313 g/mol. The predicted octanol–water partition coefficient (Wildman–Crippen LogP) is 4.45. The molecule has 0 saturated carbocycles. The van der Waals surface area contributed by atoms with E-state index in [2.05, 4.69) is 5.32 Å². The van der Waals surface area contributed by atoms with E-state index in [1.54, 1.807) is 37.4 Å². The van der Waals surface area contributed by atoms with Gasteiger partial charge in [0.2, 0.25) is 0 Å². The zero-order valence-electron chi connectivity index (χ0n) is 11.1. The van der Waals surface area contributed by atoms with Crippen LogP contribution in [0.4, 0.5) is 4.39 Å². The summed E-state index contributed by atoms with van der Waals surface area (Å²) in [5.74, 6) is -0.204. The van der Waals surface area contributed by atoms with Gasteiger partial charge in [0.25, 0.3) is 0 Å². The van der Waals surface area contributed by atoms with E-state index in [1.807, 2.05) is 0 Å². The quantitative estimate of drug-likeness (QED) is 0.900. The van der Waals surface area contributed by atoms with Gasteiger partial charge in [-0.2, -0.15) is 0 Å². The summed E-state index contributed by atoms with van der Waals surface area (Å²) in [6.45, 7) is 0. The zero-order valence-corrected chi connectivity index (χ0v) is 12.6. The molecule has 0 aromatic heterocycles. The van der Waals surface area contributed by atoms with E-state index in [9.17, 15) is 4.39 Å². The lowest BCUT2D eigenvalue weighted by molar-refractivity contribution is 0.386. The highest BCUT2D eigenvalue weighted by Crippen LogP contribution is 2.32. The number of benzene rings is 2. The second-order valence-electron chi connectivity index (χ2n) is 4.28. The van der Waals surface area contributed by atoms with Crippen molar-refractivity contribution in [3.63, 3.8) is 0 Å². The Bertz CT molecular complexity index is 619. The molecule has 2 rings (SSSR count). The highest BCUT2D eigenvalue weighted by molar-refractivity contribution is 6.33.